The van der Waals surface area contributed by atoms with Crippen LogP contribution in [0.1, 0.15) is 20.7 Å². The van der Waals surface area contributed by atoms with Crippen molar-refractivity contribution in [1.82, 2.24) is 0 Å². The number of nitrogens with zero attached hydrogens (tertiary/aromatic N) is 4. The van der Waals surface area contributed by atoms with Gasteiger partial charge in [-0.1, -0.05) is 107 Å². The molecule has 0 spiro atoms. The summed E-state index contributed by atoms with van der Waals surface area (Å²) in [6, 6.07) is 30.9. The predicted molar refractivity (Wildman–Crippen MR) is 220 cm³/mol. The van der Waals surface area contributed by atoms with Crippen LogP contribution in [0.2, 0.25) is 25.1 Å². The summed E-state index contributed by atoms with van der Waals surface area (Å²) in [6.07, 6.45) is 0. The molecule has 0 radical (unpaired) electrons. The zero-order valence-electron chi connectivity index (χ0n) is 27.9. The van der Waals surface area contributed by atoms with Crippen molar-refractivity contribution < 1.29 is 19.8 Å². The van der Waals surface area contributed by atoms with Crippen LogP contribution in [0.5, 0.6) is 11.5 Å². The lowest BCUT2D eigenvalue weighted by molar-refractivity contribution is 0.101. The minimum absolute atomic E-state index is 0.0546. The van der Waals surface area contributed by atoms with E-state index in [1.807, 2.05) is 0 Å². The number of anilines is 2. The number of phenolic OH excluding ortho intramolecular Hbond substituents is 2. The van der Waals surface area contributed by atoms with E-state index < -0.39 is 23.3 Å². The van der Waals surface area contributed by atoms with Gasteiger partial charge in [-0.15, -0.1) is 10.2 Å². The average Bonchev–Trinajstić information content (AvgIpc) is 3.14. The summed E-state index contributed by atoms with van der Waals surface area (Å²) in [6.45, 7) is 0. The summed E-state index contributed by atoms with van der Waals surface area (Å²) < 4.78 is 0. The van der Waals surface area contributed by atoms with Crippen LogP contribution in [0.25, 0.3) is 21.5 Å². The second-order valence-corrected chi connectivity index (χ2v) is 14.1. The Hall–Kier alpha value is -5.75. The van der Waals surface area contributed by atoms with E-state index in [-0.39, 0.29) is 38.9 Å². The first-order valence-corrected chi connectivity index (χ1v) is 18.0. The Morgan fingerprint density at radius 3 is 1.38 bits per heavy atom. The molecule has 0 aliphatic heterocycles. The highest BCUT2D eigenvalue weighted by Crippen LogP contribution is 2.42. The third-order valence-corrected chi connectivity index (χ3v) is 9.37. The zero-order valence-corrected chi connectivity index (χ0v) is 31.6. The molecule has 0 saturated heterocycles. The quantitative estimate of drug-likeness (QED) is 0.113. The SMILES string of the molecule is O=C(Nc1ccc(NC(=O)c2cc3ccccc3c(N=Nc3cc(Cl)cc(Cl)c3)c2O)c(Cl)c1)c1cc2ccccc2c(N=Nc2cc(Cl)cc(Cl)c2)c1O. The van der Waals surface area contributed by atoms with Crippen molar-refractivity contribution in [2.45, 2.75) is 0 Å². The number of fused-ring (bicyclic) bond motifs is 2. The van der Waals surface area contributed by atoms with E-state index in [1.54, 1.807) is 84.9 Å². The Bertz CT molecular complexity index is 2720. The van der Waals surface area contributed by atoms with Crippen molar-refractivity contribution in [1.29, 1.82) is 0 Å². The van der Waals surface area contributed by atoms with Crippen LogP contribution in [-0.2, 0) is 0 Å². The number of phenols is 2. The maximum atomic E-state index is 13.6. The molecule has 7 aromatic rings. The summed E-state index contributed by atoms with van der Waals surface area (Å²) in [5, 5.41) is 48.7. The third kappa shape index (κ3) is 8.34. The van der Waals surface area contributed by atoms with Crippen LogP contribution >= 0.6 is 58.0 Å². The molecular formula is C40H23Cl5N6O4. The van der Waals surface area contributed by atoms with Gasteiger partial charge in [-0.25, -0.2) is 0 Å². The fourth-order valence-electron chi connectivity index (χ4n) is 5.68. The van der Waals surface area contributed by atoms with Crippen LogP contribution in [0, 0.1) is 0 Å². The Morgan fingerprint density at radius 1 is 0.491 bits per heavy atom. The van der Waals surface area contributed by atoms with Crippen molar-refractivity contribution >= 4 is 125 Å². The van der Waals surface area contributed by atoms with Gasteiger partial charge in [0.15, 0.2) is 11.5 Å². The summed E-state index contributed by atoms with van der Waals surface area (Å²) >= 11 is 31.0. The highest BCUT2D eigenvalue weighted by atomic mass is 35.5. The monoisotopic (exact) mass is 826 g/mol. The number of halogens is 5. The molecule has 0 fully saturated rings. The van der Waals surface area contributed by atoms with E-state index in [1.165, 1.54) is 30.3 Å². The lowest BCUT2D eigenvalue weighted by Gasteiger charge is -2.14. The van der Waals surface area contributed by atoms with E-state index in [9.17, 15) is 19.8 Å². The van der Waals surface area contributed by atoms with Crippen molar-refractivity contribution in [2.24, 2.45) is 20.5 Å². The number of nitrogens with one attached hydrogen (secondary N) is 2. The third-order valence-electron chi connectivity index (χ3n) is 8.18. The second-order valence-electron chi connectivity index (χ2n) is 11.9. The van der Waals surface area contributed by atoms with Gasteiger partial charge in [-0.2, -0.15) is 10.2 Å². The standard InChI is InChI=1S/C40H23Cl5N6O4/c41-22-13-23(42)16-27(15-22)48-50-35-29-7-3-1-5-20(29)11-31(37(35)52)39(54)46-26-9-10-34(33(45)19-26)47-40(55)32-12-21-6-2-4-8-30(21)36(38(32)53)51-49-28-17-24(43)14-25(44)18-28/h1-19,52-53H,(H,46,54)(H,47,55). The number of rotatable bonds is 8. The van der Waals surface area contributed by atoms with Crippen LogP contribution < -0.4 is 10.6 Å². The average molecular weight is 829 g/mol. The zero-order chi connectivity index (χ0) is 38.8. The Balaban J connectivity index is 1.14. The number of carbonyl (C=O) groups excluding carboxylic acids is 2. The van der Waals surface area contributed by atoms with Gasteiger partial charge in [0, 0.05) is 36.6 Å². The molecular weight excluding hydrogens is 806 g/mol. The van der Waals surface area contributed by atoms with Crippen molar-refractivity contribution in [2.75, 3.05) is 10.6 Å². The van der Waals surface area contributed by atoms with Gasteiger partial charge >= 0.3 is 0 Å². The summed E-state index contributed by atoms with van der Waals surface area (Å²) in [4.78, 5) is 27.1. The smallest absolute Gasteiger partial charge is 0.259 e. The number of amides is 2. The topological polar surface area (TPSA) is 148 Å². The normalized spacial score (nSPS) is 11.5. The van der Waals surface area contributed by atoms with Crippen molar-refractivity contribution in [3.63, 3.8) is 0 Å². The molecule has 0 saturated carbocycles. The van der Waals surface area contributed by atoms with Crippen LogP contribution in [0.15, 0.2) is 136 Å². The molecule has 7 rings (SSSR count). The molecule has 0 heterocycles. The summed E-state index contributed by atoms with van der Waals surface area (Å²) in [5.74, 6) is -2.18. The Morgan fingerprint density at radius 2 is 0.927 bits per heavy atom. The van der Waals surface area contributed by atoms with Gasteiger partial charge in [-0.05, 0) is 77.5 Å². The molecule has 7 aromatic carbocycles. The van der Waals surface area contributed by atoms with Gasteiger partial charge in [0.1, 0.15) is 11.4 Å². The molecule has 272 valence electrons. The minimum Gasteiger partial charge on any atom is -0.505 e. The highest BCUT2D eigenvalue weighted by molar-refractivity contribution is 6.36. The minimum atomic E-state index is -0.688. The lowest BCUT2D eigenvalue weighted by Crippen LogP contribution is -2.14. The number of aromatic hydroxyl groups is 2. The first kappa shape index (κ1) is 37.6. The number of hydrogen-bond donors (Lipinski definition) is 4. The molecule has 0 aromatic heterocycles. The molecule has 4 N–H and O–H groups in total. The van der Waals surface area contributed by atoms with Crippen LogP contribution in [0.4, 0.5) is 34.1 Å². The molecule has 0 aliphatic rings. The number of benzene rings is 7. The molecule has 10 nitrogen and oxygen atoms in total. The van der Waals surface area contributed by atoms with Gasteiger partial charge in [0.2, 0.25) is 0 Å². The maximum absolute atomic E-state index is 13.6. The molecule has 0 atom stereocenters. The Labute approximate surface area is 337 Å². The number of hydrogen-bond acceptors (Lipinski definition) is 8. The second kappa shape index (κ2) is 15.9. The van der Waals surface area contributed by atoms with E-state index in [2.05, 4.69) is 31.1 Å². The first-order valence-electron chi connectivity index (χ1n) is 16.1. The van der Waals surface area contributed by atoms with E-state index in [0.29, 0.717) is 53.0 Å². The first-order chi connectivity index (χ1) is 26.4. The molecule has 0 unspecified atom stereocenters. The number of carbonyl (C=O) groups is 2. The Kier molecular flexibility index (Phi) is 10.9. The van der Waals surface area contributed by atoms with E-state index >= 15 is 0 Å². The van der Waals surface area contributed by atoms with E-state index in [4.69, 9.17) is 58.0 Å². The van der Waals surface area contributed by atoms with Gasteiger partial charge in [-0.3, -0.25) is 9.59 Å². The molecule has 2 amide bonds. The van der Waals surface area contributed by atoms with Crippen LogP contribution in [0.3, 0.4) is 0 Å². The maximum Gasteiger partial charge on any atom is 0.259 e. The van der Waals surface area contributed by atoms with Crippen LogP contribution in [-0.4, -0.2) is 22.0 Å². The van der Waals surface area contributed by atoms with Crippen molar-refractivity contribution in [3.8, 4) is 11.5 Å². The summed E-state index contributed by atoms with van der Waals surface area (Å²) in [7, 11) is 0. The lowest BCUT2D eigenvalue weighted by atomic mass is 10.0. The molecule has 55 heavy (non-hydrogen) atoms. The number of azo groups is 2. The molecule has 15 heteroatoms. The highest BCUT2D eigenvalue weighted by Gasteiger charge is 2.21. The van der Waals surface area contributed by atoms with Gasteiger partial charge in [0.25, 0.3) is 11.8 Å². The fourth-order valence-corrected chi connectivity index (χ4v) is 6.93. The van der Waals surface area contributed by atoms with E-state index in [0.717, 1.165) is 0 Å². The predicted octanol–water partition coefficient (Wildman–Crippen LogP) is 14.0. The largest absolute Gasteiger partial charge is 0.505 e. The fraction of sp³-hybridized carbons (Fsp3) is 0. The molecule has 0 bridgehead atoms. The van der Waals surface area contributed by atoms with Gasteiger partial charge < -0.3 is 20.8 Å². The molecule has 0 aliphatic carbocycles. The van der Waals surface area contributed by atoms with Gasteiger partial charge in [0.05, 0.1) is 33.2 Å². The summed E-state index contributed by atoms with van der Waals surface area (Å²) in [5.41, 5.74) is 1.08. The van der Waals surface area contributed by atoms with Crippen molar-refractivity contribution in [3.05, 3.63) is 152 Å².